The molecule has 1 atom stereocenters. The Hall–Kier alpha value is -1.82. The molecule has 0 aliphatic carbocycles. The number of nitrogens with one attached hydrogen (secondary N) is 1. The second-order valence-corrected chi connectivity index (χ2v) is 5.84. The Balaban J connectivity index is 2.11. The Morgan fingerprint density at radius 1 is 1.29 bits per heavy atom. The van der Waals surface area contributed by atoms with Crippen molar-refractivity contribution in [3.05, 3.63) is 41.0 Å². The first-order chi connectivity index (χ1) is 9.97. The second kappa shape index (κ2) is 6.76. The second-order valence-electron chi connectivity index (χ2n) is 4.99. The van der Waals surface area contributed by atoms with E-state index in [1.807, 2.05) is 44.2 Å². The molecular weight excluding hydrogens is 334 g/mol. The van der Waals surface area contributed by atoms with Crippen LogP contribution in [0.2, 0.25) is 0 Å². The van der Waals surface area contributed by atoms with Gasteiger partial charge in [-0.25, -0.2) is 4.68 Å². The van der Waals surface area contributed by atoms with Crippen LogP contribution in [0.1, 0.15) is 20.8 Å². The number of nitrogens with zero attached hydrogens (tertiary/aromatic N) is 2. The molecule has 1 aromatic carbocycles. The minimum absolute atomic E-state index is 0.0777. The Morgan fingerprint density at radius 2 is 1.95 bits per heavy atom. The number of para-hydroxylation sites is 1. The molecule has 5 nitrogen and oxygen atoms in total. The van der Waals surface area contributed by atoms with Crippen molar-refractivity contribution >= 4 is 21.8 Å². The van der Waals surface area contributed by atoms with Crippen molar-refractivity contribution in [3.8, 4) is 11.6 Å². The van der Waals surface area contributed by atoms with E-state index in [2.05, 4.69) is 26.3 Å². The van der Waals surface area contributed by atoms with Gasteiger partial charge in [-0.15, -0.1) is 5.10 Å². The summed E-state index contributed by atoms with van der Waals surface area (Å²) in [5, 5.41) is 7.16. The van der Waals surface area contributed by atoms with Gasteiger partial charge in [-0.2, -0.15) is 0 Å². The largest absolute Gasteiger partial charge is 0.463 e. The lowest BCUT2D eigenvalue weighted by molar-refractivity contribution is -0.127. The third-order valence-corrected chi connectivity index (χ3v) is 3.29. The van der Waals surface area contributed by atoms with E-state index in [1.54, 1.807) is 17.8 Å². The van der Waals surface area contributed by atoms with E-state index in [4.69, 9.17) is 4.74 Å². The van der Waals surface area contributed by atoms with Gasteiger partial charge in [0.1, 0.15) is 0 Å². The van der Waals surface area contributed by atoms with Gasteiger partial charge in [0.2, 0.25) is 5.88 Å². The van der Waals surface area contributed by atoms with Crippen LogP contribution < -0.4 is 10.1 Å². The van der Waals surface area contributed by atoms with Gasteiger partial charge in [0, 0.05) is 12.2 Å². The first kappa shape index (κ1) is 15.6. The number of benzene rings is 1. The van der Waals surface area contributed by atoms with Crippen LogP contribution in [0.25, 0.3) is 5.69 Å². The standard InChI is InChI=1S/C15H18BrN3O2/c1-10(2)17-14(20)11(3)21-15-13(16)9-19(18-15)12-7-5-4-6-8-12/h4-11H,1-3H3,(H,17,20)/t11-/m0/s1. The zero-order chi connectivity index (χ0) is 15.4. The van der Waals surface area contributed by atoms with Crippen molar-refractivity contribution < 1.29 is 9.53 Å². The van der Waals surface area contributed by atoms with Crippen molar-refractivity contribution in [1.82, 2.24) is 15.1 Å². The summed E-state index contributed by atoms with van der Waals surface area (Å²) in [7, 11) is 0. The molecule has 0 aliphatic rings. The van der Waals surface area contributed by atoms with Crippen LogP contribution in [-0.4, -0.2) is 27.8 Å². The van der Waals surface area contributed by atoms with Gasteiger partial charge in [0.25, 0.3) is 5.91 Å². The van der Waals surface area contributed by atoms with E-state index < -0.39 is 6.10 Å². The minimum atomic E-state index is -0.608. The van der Waals surface area contributed by atoms with Crippen LogP contribution in [0.4, 0.5) is 0 Å². The van der Waals surface area contributed by atoms with E-state index in [1.165, 1.54) is 0 Å². The third kappa shape index (κ3) is 4.07. The zero-order valence-electron chi connectivity index (χ0n) is 12.2. The van der Waals surface area contributed by atoms with Gasteiger partial charge in [0.15, 0.2) is 6.10 Å². The Morgan fingerprint density at radius 3 is 2.57 bits per heavy atom. The number of rotatable bonds is 5. The highest BCUT2D eigenvalue weighted by molar-refractivity contribution is 9.10. The predicted molar refractivity (Wildman–Crippen MR) is 84.6 cm³/mol. The van der Waals surface area contributed by atoms with Crippen LogP contribution in [0.15, 0.2) is 41.0 Å². The van der Waals surface area contributed by atoms with Crippen LogP contribution in [-0.2, 0) is 4.79 Å². The molecule has 0 unspecified atom stereocenters. The van der Waals surface area contributed by atoms with Crippen LogP contribution in [0.5, 0.6) is 5.88 Å². The maximum Gasteiger partial charge on any atom is 0.261 e. The lowest BCUT2D eigenvalue weighted by Gasteiger charge is -2.15. The summed E-state index contributed by atoms with van der Waals surface area (Å²) in [5.74, 6) is 0.233. The van der Waals surface area contributed by atoms with Gasteiger partial charge >= 0.3 is 0 Å². The fourth-order valence-corrected chi connectivity index (χ4v) is 2.12. The normalized spacial score (nSPS) is 12.2. The number of amides is 1. The highest BCUT2D eigenvalue weighted by atomic mass is 79.9. The Labute approximate surface area is 132 Å². The maximum atomic E-state index is 11.9. The molecule has 1 N–H and O–H groups in total. The molecule has 112 valence electrons. The number of ether oxygens (including phenoxy) is 1. The van der Waals surface area contributed by atoms with Crippen LogP contribution in [0, 0.1) is 0 Å². The Bertz CT molecular complexity index is 611. The lowest BCUT2D eigenvalue weighted by atomic mass is 10.3. The quantitative estimate of drug-likeness (QED) is 0.900. The van der Waals surface area contributed by atoms with Crippen molar-refractivity contribution in [1.29, 1.82) is 0 Å². The van der Waals surface area contributed by atoms with Crippen molar-refractivity contribution in [2.75, 3.05) is 0 Å². The van der Waals surface area contributed by atoms with Crippen molar-refractivity contribution in [2.45, 2.75) is 32.9 Å². The first-order valence-electron chi connectivity index (χ1n) is 6.75. The molecule has 0 saturated heterocycles. The highest BCUT2D eigenvalue weighted by Gasteiger charge is 2.19. The van der Waals surface area contributed by atoms with Crippen LogP contribution >= 0.6 is 15.9 Å². The van der Waals surface area contributed by atoms with Crippen molar-refractivity contribution in [3.63, 3.8) is 0 Å². The molecular formula is C15H18BrN3O2. The molecule has 6 heteroatoms. The minimum Gasteiger partial charge on any atom is -0.463 e. The summed E-state index contributed by atoms with van der Waals surface area (Å²) in [6, 6.07) is 9.77. The third-order valence-electron chi connectivity index (χ3n) is 2.75. The SMILES string of the molecule is CC(C)NC(=O)[C@H](C)Oc1nn(-c2ccccc2)cc1Br. The van der Waals surface area contributed by atoms with E-state index in [9.17, 15) is 4.79 Å². The predicted octanol–water partition coefficient (Wildman–Crippen LogP) is 2.93. The van der Waals surface area contributed by atoms with Gasteiger partial charge < -0.3 is 10.1 Å². The number of hydrogen-bond acceptors (Lipinski definition) is 3. The molecule has 1 amide bonds. The lowest BCUT2D eigenvalue weighted by Crippen LogP contribution is -2.40. The van der Waals surface area contributed by atoms with Crippen molar-refractivity contribution in [2.24, 2.45) is 0 Å². The monoisotopic (exact) mass is 351 g/mol. The summed E-state index contributed by atoms with van der Waals surface area (Å²) >= 11 is 3.40. The summed E-state index contributed by atoms with van der Waals surface area (Å²) in [6.45, 7) is 5.51. The van der Waals surface area contributed by atoms with E-state index >= 15 is 0 Å². The first-order valence-corrected chi connectivity index (χ1v) is 7.54. The summed E-state index contributed by atoms with van der Waals surface area (Å²) in [5.41, 5.74) is 0.923. The average Bonchev–Trinajstić information content (AvgIpc) is 2.80. The van der Waals surface area contributed by atoms with E-state index in [0.29, 0.717) is 10.4 Å². The highest BCUT2D eigenvalue weighted by Crippen LogP contribution is 2.25. The smallest absolute Gasteiger partial charge is 0.261 e. The molecule has 1 heterocycles. The molecule has 1 aromatic heterocycles. The number of carbonyl (C=O) groups excluding carboxylic acids is 1. The fraction of sp³-hybridized carbons (Fsp3) is 0.333. The summed E-state index contributed by atoms with van der Waals surface area (Å²) in [4.78, 5) is 11.9. The molecule has 0 saturated carbocycles. The molecule has 0 fully saturated rings. The zero-order valence-corrected chi connectivity index (χ0v) is 13.8. The number of hydrogen-bond donors (Lipinski definition) is 1. The van der Waals surface area contributed by atoms with E-state index in [-0.39, 0.29) is 11.9 Å². The van der Waals surface area contributed by atoms with Gasteiger partial charge in [-0.3, -0.25) is 4.79 Å². The summed E-state index contributed by atoms with van der Waals surface area (Å²) in [6.07, 6.45) is 1.19. The fourth-order valence-electron chi connectivity index (χ4n) is 1.75. The van der Waals surface area contributed by atoms with Gasteiger partial charge in [0.05, 0.1) is 10.2 Å². The topological polar surface area (TPSA) is 56.1 Å². The molecule has 0 radical (unpaired) electrons. The molecule has 0 aliphatic heterocycles. The molecule has 0 bridgehead atoms. The Kier molecular flexibility index (Phi) is 5.01. The molecule has 0 spiro atoms. The number of carbonyl (C=O) groups is 1. The molecule has 2 aromatic rings. The van der Waals surface area contributed by atoms with E-state index in [0.717, 1.165) is 5.69 Å². The van der Waals surface area contributed by atoms with Gasteiger partial charge in [-0.05, 0) is 48.8 Å². The van der Waals surface area contributed by atoms with Crippen LogP contribution in [0.3, 0.4) is 0 Å². The average molecular weight is 352 g/mol. The number of halogens is 1. The molecule has 21 heavy (non-hydrogen) atoms. The molecule has 2 rings (SSSR count). The maximum absolute atomic E-state index is 11.9. The summed E-state index contributed by atoms with van der Waals surface area (Å²) < 4.78 is 8.02. The number of aromatic nitrogens is 2. The van der Waals surface area contributed by atoms with Gasteiger partial charge in [-0.1, -0.05) is 18.2 Å².